The zero-order valence-corrected chi connectivity index (χ0v) is 16.5. The van der Waals surface area contributed by atoms with Crippen LogP contribution < -0.4 is 10.6 Å². The average Bonchev–Trinajstić information content (AvgIpc) is 3.26. The monoisotopic (exact) mass is 398 g/mol. The van der Waals surface area contributed by atoms with Gasteiger partial charge in [-0.3, -0.25) is 14.5 Å². The molecule has 0 aromatic rings. The van der Waals surface area contributed by atoms with E-state index in [4.69, 9.17) is 0 Å². The maximum Gasteiger partial charge on any atom is 0.239 e. The minimum absolute atomic E-state index is 0.0326. The van der Waals surface area contributed by atoms with Crippen LogP contribution >= 0.6 is 0 Å². The second-order valence-electron chi connectivity index (χ2n) is 8.51. The van der Waals surface area contributed by atoms with Crippen molar-refractivity contribution in [1.82, 2.24) is 20.4 Å². The molecule has 0 bridgehead atoms. The Balaban J connectivity index is 1.17. The first-order valence-electron chi connectivity index (χ1n) is 10.2. The molecular weight excluding hydrogens is 368 g/mol. The Kier molecular flexibility index (Phi) is 5.44. The van der Waals surface area contributed by atoms with E-state index in [9.17, 15) is 18.0 Å². The van der Waals surface area contributed by atoms with Crippen molar-refractivity contribution in [3.05, 3.63) is 0 Å². The first-order valence-corrected chi connectivity index (χ1v) is 12.0. The number of sulfone groups is 1. The topological polar surface area (TPSA) is 98.8 Å². The molecule has 3 atom stereocenters. The molecule has 152 valence electrons. The van der Waals surface area contributed by atoms with E-state index < -0.39 is 9.84 Å². The van der Waals surface area contributed by atoms with Gasteiger partial charge in [0.05, 0.1) is 24.1 Å². The second kappa shape index (κ2) is 7.67. The molecule has 0 spiro atoms. The van der Waals surface area contributed by atoms with E-state index in [-0.39, 0.29) is 41.9 Å². The minimum atomic E-state index is -2.98. The summed E-state index contributed by atoms with van der Waals surface area (Å²) >= 11 is 0. The second-order valence-corrected chi connectivity index (χ2v) is 10.7. The fraction of sp³-hybridized carbons (Fsp3) is 0.889. The standard InChI is InChI=1S/C18H30N4O4S/c23-17(19-14-5-10-27(25,26)12-14)11-21-6-8-22(9-7-21)18(24)16-4-3-15(20-16)13-1-2-13/h13-16,20H,1-12H2,(H,19,23). The Labute approximate surface area is 160 Å². The maximum absolute atomic E-state index is 12.7. The molecule has 1 saturated carbocycles. The van der Waals surface area contributed by atoms with Gasteiger partial charge in [0.25, 0.3) is 0 Å². The lowest BCUT2D eigenvalue weighted by molar-refractivity contribution is -0.135. The van der Waals surface area contributed by atoms with Gasteiger partial charge in [-0.1, -0.05) is 0 Å². The third-order valence-electron chi connectivity index (χ3n) is 6.32. The first kappa shape index (κ1) is 19.1. The lowest BCUT2D eigenvalue weighted by Crippen LogP contribution is -2.55. The van der Waals surface area contributed by atoms with Crippen molar-refractivity contribution in [3.63, 3.8) is 0 Å². The molecule has 8 nitrogen and oxygen atoms in total. The SMILES string of the molecule is O=C(CN1CCN(C(=O)C2CCC(C3CC3)N2)CC1)NC1CCS(=O)(=O)C1. The van der Waals surface area contributed by atoms with Gasteiger partial charge in [0.1, 0.15) is 0 Å². The lowest BCUT2D eigenvalue weighted by Gasteiger charge is -2.35. The predicted octanol–water partition coefficient (Wildman–Crippen LogP) is -1.04. The minimum Gasteiger partial charge on any atom is -0.351 e. The van der Waals surface area contributed by atoms with E-state index in [1.54, 1.807) is 0 Å². The summed E-state index contributed by atoms with van der Waals surface area (Å²) in [4.78, 5) is 28.8. The van der Waals surface area contributed by atoms with Crippen LogP contribution in [0.3, 0.4) is 0 Å². The number of nitrogens with one attached hydrogen (secondary N) is 2. The lowest BCUT2D eigenvalue weighted by atomic mass is 10.1. The van der Waals surface area contributed by atoms with E-state index in [0.29, 0.717) is 38.6 Å². The molecule has 3 aliphatic heterocycles. The molecular formula is C18H30N4O4S. The molecule has 4 rings (SSSR count). The smallest absolute Gasteiger partial charge is 0.239 e. The average molecular weight is 399 g/mol. The quantitative estimate of drug-likeness (QED) is 0.614. The van der Waals surface area contributed by atoms with Gasteiger partial charge < -0.3 is 15.5 Å². The summed E-state index contributed by atoms with van der Waals surface area (Å²) in [5.41, 5.74) is 0. The first-order chi connectivity index (χ1) is 12.9. The van der Waals surface area contributed by atoms with E-state index in [2.05, 4.69) is 10.6 Å². The van der Waals surface area contributed by atoms with Gasteiger partial charge in [-0.15, -0.1) is 0 Å². The van der Waals surface area contributed by atoms with Crippen molar-refractivity contribution in [2.45, 2.75) is 50.2 Å². The van der Waals surface area contributed by atoms with Crippen molar-refractivity contribution in [3.8, 4) is 0 Å². The Bertz CT molecular complexity index is 685. The number of hydrogen-bond donors (Lipinski definition) is 2. The van der Waals surface area contributed by atoms with Gasteiger partial charge in [0, 0.05) is 38.3 Å². The van der Waals surface area contributed by atoms with Crippen molar-refractivity contribution >= 4 is 21.7 Å². The van der Waals surface area contributed by atoms with E-state index in [1.807, 2.05) is 9.80 Å². The summed E-state index contributed by atoms with van der Waals surface area (Å²) in [6.07, 6.45) is 5.15. The normalized spacial score (nSPS) is 33.9. The molecule has 0 aromatic carbocycles. The maximum atomic E-state index is 12.7. The fourth-order valence-electron chi connectivity index (χ4n) is 4.57. The molecule has 3 heterocycles. The Morgan fingerprint density at radius 2 is 1.74 bits per heavy atom. The molecule has 1 aliphatic carbocycles. The molecule has 27 heavy (non-hydrogen) atoms. The molecule has 2 amide bonds. The Morgan fingerprint density at radius 1 is 1.00 bits per heavy atom. The number of carbonyl (C=O) groups excluding carboxylic acids is 2. The van der Waals surface area contributed by atoms with Crippen LogP contribution in [0.4, 0.5) is 0 Å². The number of carbonyl (C=O) groups is 2. The number of piperazine rings is 1. The van der Waals surface area contributed by atoms with E-state index >= 15 is 0 Å². The van der Waals surface area contributed by atoms with Crippen LogP contribution in [0.1, 0.15) is 32.1 Å². The van der Waals surface area contributed by atoms with E-state index in [0.717, 1.165) is 18.8 Å². The largest absolute Gasteiger partial charge is 0.351 e. The highest BCUT2D eigenvalue weighted by atomic mass is 32.2. The number of hydrogen-bond acceptors (Lipinski definition) is 6. The summed E-state index contributed by atoms with van der Waals surface area (Å²) < 4.78 is 23.0. The fourth-order valence-corrected chi connectivity index (χ4v) is 6.24. The summed E-state index contributed by atoms with van der Waals surface area (Å²) in [7, 11) is -2.98. The highest BCUT2D eigenvalue weighted by molar-refractivity contribution is 7.91. The highest BCUT2D eigenvalue weighted by Gasteiger charge is 2.40. The molecule has 2 N–H and O–H groups in total. The van der Waals surface area contributed by atoms with Crippen LogP contribution in [0.25, 0.3) is 0 Å². The Morgan fingerprint density at radius 3 is 2.37 bits per heavy atom. The number of amides is 2. The van der Waals surface area contributed by atoms with Gasteiger partial charge in [-0.05, 0) is 38.0 Å². The van der Waals surface area contributed by atoms with Crippen LogP contribution in [0, 0.1) is 5.92 Å². The van der Waals surface area contributed by atoms with Gasteiger partial charge >= 0.3 is 0 Å². The number of rotatable bonds is 5. The summed E-state index contributed by atoms with van der Waals surface area (Å²) in [6.45, 7) is 2.93. The molecule has 4 aliphatic rings. The van der Waals surface area contributed by atoms with Crippen molar-refractivity contribution < 1.29 is 18.0 Å². The third-order valence-corrected chi connectivity index (χ3v) is 8.09. The third kappa shape index (κ3) is 4.81. The summed E-state index contributed by atoms with van der Waals surface area (Å²) in [6, 6.07) is 0.247. The van der Waals surface area contributed by atoms with Crippen LogP contribution in [0.15, 0.2) is 0 Å². The van der Waals surface area contributed by atoms with Crippen LogP contribution in [0.2, 0.25) is 0 Å². The predicted molar refractivity (Wildman–Crippen MR) is 101 cm³/mol. The molecule has 9 heteroatoms. The van der Waals surface area contributed by atoms with Gasteiger partial charge in [0.15, 0.2) is 9.84 Å². The van der Waals surface area contributed by atoms with Gasteiger partial charge in [0.2, 0.25) is 11.8 Å². The molecule has 0 radical (unpaired) electrons. The van der Waals surface area contributed by atoms with Crippen molar-refractivity contribution in [2.24, 2.45) is 5.92 Å². The summed E-state index contributed by atoms with van der Waals surface area (Å²) in [5, 5.41) is 6.35. The van der Waals surface area contributed by atoms with Crippen LogP contribution in [0.5, 0.6) is 0 Å². The van der Waals surface area contributed by atoms with E-state index in [1.165, 1.54) is 12.8 Å². The van der Waals surface area contributed by atoms with Gasteiger partial charge in [-0.2, -0.15) is 0 Å². The van der Waals surface area contributed by atoms with Crippen LogP contribution in [-0.4, -0.2) is 92.4 Å². The molecule has 3 saturated heterocycles. The van der Waals surface area contributed by atoms with Crippen molar-refractivity contribution in [1.29, 1.82) is 0 Å². The van der Waals surface area contributed by atoms with Gasteiger partial charge in [-0.25, -0.2) is 8.42 Å². The highest BCUT2D eigenvalue weighted by Crippen LogP contribution is 2.37. The van der Waals surface area contributed by atoms with Crippen molar-refractivity contribution in [2.75, 3.05) is 44.2 Å². The zero-order valence-electron chi connectivity index (χ0n) is 15.7. The Hall–Kier alpha value is -1.19. The van der Waals surface area contributed by atoms with Crippen LogP contribution in [-0.2, 0) is 19.4 Å². The zero-order chi connectivity index (χ0) is 19.0. The molecule has 4 fully saturated rings. The molecule has 0 aromatic heterocycles. The molecule has 3 unspecified atom stereocenters. The summed E-state index contributed by atoms with van der Waals surface area (Å²) in [5.74, 6) is 1.08. The number of nitrogens with zero attached hydrogens (tertiary/aromatic N) is 2.